The molecule has 0 aliphatic heterocycles. The maximum Gasteiger partial charge on any atom is 0.335 e. The average molecular weight is 193 g/mol. The van der Waals surface area contributed by atoms with Crippen LogP contribution < -0.4 is 0 Å². The van der Waals surface area contributed by atoms with E-state index in [4.69, 9.17) is 10.2 Å². The van der Waals surface area contributed by atoms with Crippen molar-refractivity contribution in [3.05, 3.63) is 35.4 Å². The monoisotopic (exact) mass is 193 g/mol. The van der Waals surface area contributed by atoms with Crippen LogP contribution in [0.2, 0.25) is 0 Å². The largest absolute Gasteiger partial charge is 0.478 e. The third-order valence-corrected chi connectivity index (χ3v) is 1.63. The van der Waals surface area contributed by atoms with Crippen molar-refractivity contribution < 1.29 is 15.0 Å². The normalized spacial score (nSPS) is 9.00. The molecule has 2 N–H and O–H groups in total. The fourth-order valence-electron chi connectivity index (χ4n) is 1.07. The third kappa shape index (κ3) is 3.19. The highest BCUT2D eigenvalue weighted by Crippen LogP contribution is 2.08. The van der Waals surface area contributed by atoms with Gasteiger partial charge < -0.3 is 10.2 Å². The number of carbonyl (C=O) groups is 1. The lowest BCUT2D eigenvalue weighted by atomic mass is 10.1. The van der Waals surface area contributed by atoms with Gasteiger partial charge in [-0.1, -0.05) is 18.2 Å². The number of carboxylic acid groups (broad SMARTS) is 1. The summed E-state index contributed by atoms with van der Waals surface area (Å²) < 4.78 is 0. The lowest BCUT2D eigenvalue weighted by Crippen LogP contribution is -2.03. The van der Waals surface area contributed by atoms with Gasteiger partial charge in [0.15, 0.2) is 0 Å². The number of aromatic carboxylic acids is 1. The third-order valence-electron chi connectivity index (χ3n) is 1.63. The predicted molar refractivity (Wildman–Crippen MR) is 49.9 cm³/mol. The van der Waals surface area contributed by atoms with E-state index in [-0.39, 0.29) is 29.5 Å². The molecule has 1 rings (SSSR count). The van der Waals surface area contributed by atoms with Crippen molar-refractivity contribution in [2.45, 2.75) is 6.42 Å². The highest BCUT2D eigenvalue weighted by Gasteiger charge is 2.07. The maximum absolute atomic E-state index is 10.6. The SMILES string of the molecule is O=C(O)c1ccccc1CCO.[Al]. The number of aliphatic hydroxyl groups is 1. The highest BCUT2D eigenvalue weighted by atomic mass is 27.0. The number of aliphatic hydroxyl groups excluding tert-OH is 1. The van der Waals surface area contributed by atoms with Gasteiger partial charge in [0.2, 0.25) is 0 Å². The molecule has 4 heteroatoms. The van der Waals surface area contributed by atoms with Gasteiger partial charge >= 0.3 is 5.97 Å². The van der Waals surface area contributed by atoms with Crippen LogP contribution in [0.15, 0.2) is 24.3 Å². The molecule has 1 aromatic rings. The Morgan fingerprint density at radius 2 is 1.92 bits per heavy atom. The van der Waals surface area contributed by atoms with E-state index in [0.717, 1.165) is 0 Å². The smallest absolute Gasteiger partial charge is 0.335 e. The number of hydrogen-bond acceptors (Lipinski definition) is 2. The average Bonchev–Trinajstić information content (AvgIpc) is 2.05. The summed E-state index contributed by atoms with van der Waals surface area (Å²) in [4.78, 5) is 10.6. The Bertz CT molecular complexity index is 286. The maximum atomic E-state index is 10.6. The number of carboxylic acids is 1. The van der Waals surface area contributed by atoms with Crippen molar-refractivity contribution >= 4 is 23.3 Å². The van der Waals surface area contributed by atoms with E-state index in [1.807, 2.05) is 0 Å². The highest BCUT2D eigenvalue weighted by molar-refractivity contribution is 5.89. The molecule has 0 heterocycles. The van der Waals surface area contributed by atoms with Crippen LogP contribution in [0, 0.1) is 0 Å². The van der Waals surface area contributed by atoms with Gasteiger partial charge in [-0.25, -0.2) is 4.79 Å². The van der Waals surface area contributed by atoms with Crippen molar-refractivity contribution in [1.82, 2.24) is 0 Å². The lowest BCUT2D eigenvalue weighted by Gasteiger charge is -2.02. The summed E-state index contributed by atoms with van der Waals surface area (Å²) in [6, 6.07) is 6.68. The molecule has 3 nitrogen and oxygen atoms in total. The van der Waals surface area contributed by atoms with Crippen LogP contribution in [-0.4, -0.2) is 40.2 Å². The summed E-state index contributed by atoms with van der Waals surface area (Å²) in [5.41, 5.74) is 0.944. The van der Waals surface area contributed by atoms with Gasteiger partial charge in [0.25, 0.3) is 0 Å². The molecule has 0 aromatic heterocycles. The molecular weight excluding hydrogens is 183 g/mol. The fraction of sp³-hybridized carbons (Fsp3) is 0.222. The zero-order chi connectivity index (χ0) is 8.97. The van der Waals surface area contributed by atoms with E-state index < -0.39 is 5.97 Å². The first-order valence-electron chi connectivity index (χ1n) is 3.67. The summed E-state index contributed by atoms with van der Waals surface area (Å²) in [5, 5.41) is 17.3. The Kier molecular flexibility index (Phi) is 5.40. The Morgan fingerprint density at radius 1 is 1.31 bits per heavy atom. The van der Waals surface area contributed by atoms with Gasteiger partial charge in [-0.05, 0) is 18.1 Å². The van der Waals surface area contributed by atoms with Gasteiger partial charge in [0, 0.05) is 24.0 Å². The van der Waals surface area contributed by atoms with Gasteiger partial charge in [-0.2, -0.15) is 0 Å². The predicted octanol–water partition coefficient (Wildman–Crippen LogP) is 0.539. The van der Waals surface area contributed by atoms with Crippen molar-refractivity contribution in [2.75, 3.05) is 6.61 Å². The molecule has 67 valence electrons. The summed E-state index contributed by atoms with van der Waals surface area (Å²) in [5.74, 6) is -0.945. The number of hydrogen-bond donors (Lipinski definition) is 2. The molecule has 0 fully saturated rings. The molecule has 0 atom stereocenters. The molecule has 13 heavy (non-hydrogen) atoms. The van der Waals surface area contributed by atoms with Gasteiger partial charge in [0.05, 0.1) is 5.56 Å². The molecule has 0 unspecified atom stereocenters. The molecule has 1 aromatic carbocycles. The van der Waals surface area contributed by atoms with Crippen molar-refractivity contribution in [3.63, 3.8) is 0 Å². The molecular formula is C9H10AlO3. The van der Waals surface area contributed by atoms with E-state index in [1.165, 1.54) is 6.07 Å². The van der Waals surface area contributed by atoms with E-state index >= 15 is 0 Å². The van der Waals surface area contributed by atoms with E-state index in [0.29, 0.717) is 12.0 Å². The minimum Gasteiger partial charge on any atom is -0.478 e. The van der Waals surface area contributed by atoms with Crippen LogP contribution in [0.25, 0.3) is 0 Å². The van der Waals surface area contributed by atoms with Gasteiger partial charge in [-0.15, -0.1) is 0 Å². The molecule has 0 aliphatic carbocycles. The minimum atomic E-state index is -0.945. The fourth-order valence-corrected chi connectivity index (χ4v) is 1.07. The van der Waals surface area contributed by atoms with Gasteiger partial charge in [0.1, 0.15) is 0 Å². The molecule has 0 amide bonds. The second-order valence-corrected chi connectivity index (χ2v) is 2.44. The topological polar surface area (TPSA) is 57.5 Å². The van der Waals surface area contributed by atoms with E-state index in [2.05, 4.69) is 0 Å². The molecule has 0 saturated carbocycles. The van der Waals surface area contributed by atoms with Crippen LogP contribution in [0.3, 0.4) is 0 Å². The summed E-state index contributed by atoms with van der Waals surface area (Å²) >= 11 is 0. The quantitative estimate of drug-likeness (QED) is 0.689. The summed E-state index contributed by atoms with van der Waals surface area (Å²) in [7, 11) is 0. The van der Waals surface area contributed by atoms with Crippen LogP contribution in [0.4, 0.5) is 0 Å². The number of benzene rings is 1. The van der Waals surface area contributed by atoms with E-state index in [1.54, 1.807) is 18.2 Å². The first-order chi connectivity index (χ1) is 5.75. The van der Waals surface area contributed by atoms with Crippen molar-refractivity contribution in [3.8, 4) is 0 Å². The molecule has 0 aliphatic rings. The lowest BCUT2D eigenvalue weighted by molar-refractivity contribution is 0.0695. The van der Waals surface area contributed by atoms with Crippen LogP contribution >= 0.6 is 0 Å². The van der Waals surface area contributed by atoms with Gasteiger partial charge in [-0.3, -0.25) is 0 Å². The summed E-state index contributed by atoms with van der Waals surface area (Å²) in [6.45, 7) is -0.0235. The zero-order valence-corrected chi connectivity index (χ0v) is 8.26. The molecule has 0 saturated heterocycles. The summed E-state index contributed by atoms with van der Waals surface area (Å²) in [6.07, 6.45) is 0.391. The molecule has 0 bridgehead atoms. The molecule has 3 radical (unpaired) electrons. The van der Waals surface area contributed by atoms with Crippen molar-refractivity contribution in [1.29, 1.82) is 0 Å². The van der Waals surface area contributed by atoms with Crippen LogP contribution in [0.1, 0.15) is 15.9 Å². The van der Waals surface area contributed by atoms with Crippen molar-refractivity contribution in [2.24, 2.45) is 0 Å². The Hall–Kier alpha value is -0.818. The first kappa shape index (κ1) is 12.2. The second-order valence-electron chi connectivity index (χ2n) is 2.44. The Morgan fingerprint density at radius 3 is 2.46 bits per heavy atom. The second kappa shape index (κ2) is 5.76. The molecule has 0 spiro atoms. The Balaban J connectivity index is 0.00000144. The van der Waals surface area contributed by atoms with Crippen LogP contribution in [-0.2, 0) is 6.42 Å². The Labute approximate surface area is 87.1 Å². The minimum absolute atomic E-state index is 0. The zero-order valence-electron chi connectivity index (χ0n) is 7.10. The van der Waals surface area contributed by atoms with E-state index in [9.17, 15) is 4.79 Å². The first-order valence-corrected chi connectivity index (χ1v) is 3.67. The number of rotatable bonds is 3. The van der Waals surface area contributed by atoms with Crippen LogP contribution in [0.5, 0.6) is 0 Å². The standard InChI is InChI=1S/C9H10O3.Al/c10-6-5-7-3-1-2-4-8(7)9(11)12;/h1-4,10H,5-6H2,(H,11,12);.